The molecule has 0 radical (unpaired) electrons. The summed E-state index contributed by atoms with van der Waals surface area (Å²) in [6, 6.07) is 3.47. The van der Waals surface area contributed by atoms with Crippen LogP contribution in [0.5, 0.6) is 0 Å². The van der Waals surface area contributed by atoms with Crippen molar-refractivity contribution < 1.29 is 4.79 Å². The number of carbonyl (C=O) groups excluding carboxylic acids is 1. The molecule has 0 saturated carbocycles. The van der Waals surface area contributed by atoms with Crippen molar-refractivity contribution in [2.24, 2.45) is 7.05 Å². The van der Waals surface area contributed by atoms with Crippen LogP contribution in [-0.4, -0.2) is 50.7 Å². The number of pyridine rings is 1. The van der Waals surface area contributed by atoms with E-state index < -0.39 is 0 Å². The molecule has 3 heterocycles. The summed E-state index contributed by atoms with van der Waals surface area (Å²) in [7, 11) is 4.16. The summed E-state index contributed by atoms with van der Waals surface area (Å²) < 4.78 is 2.02. The molecule has 3 rings (SSSR count). The highest BCUT2D eigenvalue weighted by Gasteiger charge is 2.45. The van der Waals surface area contributed by atoms with Crippen LogP contribution in [0.1, 0.15) is 54.8 Å². The van der Waals surface area contributed by atoms with Crippen LogP contribution in [0, 0.1) is 0 Å². The molecule has 27 heavy (non-hydrogen) atoms. The van der Waals surface area contributed by atoms with Gasteiger partial charge in [0.05, 0.1) is 5.56 Å². The van der Waals surface area contributed by atoms with E-state index in [1.54, 1.807) is 12.4 Å². The Bertz CT molecular complexity index is 792. The first kappa shape index (κ1) is 19.9. The predicted octanol–water partition coefficient (Wildman–Crippen LogP) is 3.27. The number of imidazole rings is 1. The third-order valence-corrected chi connectivity index (χ3v) is 6.58. The van der Waals surface area contributed by atoms with Crippen LogP contribution in [0.25, 0.3) is 0 Å². The van der Waals surface area contributed by atoms with E-state index in [4.69, 9.17) is 0 Å². The number of likely N-dealkylation sites (N-methyl/N-ethyl adjacent to an activating group) is 1. The zero-order chi connectivity index (χ0) is 19.4. The minimum atomic E-state index is -0.185. The molecule has 2 unspecified atom stereocenters. The lowest BCUT2D eigenvalue weighted by atomic mass is 9.77. The van der Waals surface area contributed by atoms with E-state index in [0.717, 1.165) is 36.7 Å². The van der Waals surface area contributed by atoms with E-state index in [1.165, 1.54) is 18.2 Å². The lowest BCUT2D eigenvalue weighted by Crippen LogP contribution is -2.58. The lowest BCUT2D eigenvalue weighted by Gasteiger charge is -2.49. The topological polar surface area (TPSA) is 63.1 Å². The summed E-state index contributed by atoms with van der Waals surface area (Å²) in [6.45, 7) is 3.24. The van der Waals surface area contributed by atoms with E-state index in [-0.39, 0.29) is 17.5 Å². The fraction of sp³-hybridized carbons (Fsp3) is 0.550. The maximum absolute atomic E-state index is 13.2. The second-order valence-electron chi connectivity index (χ2n) is 7.20. The van der Waals surface area contributed by atoms with Gasteiger partial charge in [0.1, 0.15) is 16.9 Å². The average molecular weight is 388 g/mol. The maximum atomic E-state index is 13.2. The van der Waals surface area contributed by atoms with Crippen LogP contribution in [0.4, 0.5) is 0 Å². The molecule has 0 spiro atoms. The van der Waals surface area contributed by atoms with Crippen molar-refractivity contribution in [1.29, 1.82) is 0 Å². The van der Waals surface area contributed by atoms with Crippen molar-refractivity contribution >= 4 is 17.7 Å². The third-order valence-electron chi connectivity index (χ3n) is 5.86. The number of likely N-dealkylation sites (tertiary alicyclic amines) is 1. The Morgan fingerprint density at radius 3 is 2.78 bits per heavy atom. The van der Waals surface area contributed by atoms with E-state index in [9.17, 15) is 4.79 Å². The van der Waals surface area contributed by atoms with Gasteiger partial charge >= 0.3 is 0 Å². The molecule has 1 aliphatic rings. The van der Waals surface area contributed by atoms with Crippen molar-refractivity contribution in [3.63, 3.8) is 0 Å². The van der Waals surface area contributed by atoms with E-state index >= 15 is 0 Å². The molecule has 0 bridgehead atoms. The molecule has 1 amide bonds. The number of carbonyl (C=O) groups is 1. The van der Waals surface area contributed by atoms with Gasteiger partial charge in [-0.1, -0.05) is 13.3 Å². The van der Waals surface area contributed by atoms with Crippen LogP contribution in [0.2, 0.25) is 0 Å². The molecule has 1 fully saturated rings. The molecule has 1 aliphatic heterocycles. The fourth-order valence-corrected chi connectivity index (χ4v) is 4.79. The largest absolute Gasteiger partial charge is 0.340 e. The second-order valence-corrected chi connectivity index (χ2v) is 7.99. The molecule has 2 aromatic heterocycles. The molecule has 0 aliphatic carbocycles. The predicted molar refractivity (Wildman–Crippen MR) is 109 cm³/mol. The highest BCUT2D eigenvalue weighted by atomic mass is 32.2. The van der Waals surface area contributed by atoms with Crippen LogP contribution in [0.3, 0.4) is 0 Å². The van der Waals surface area contributed by atoms with Gasteiger partial charge in [-0.05, 0) is 51.2 Å². The molecule has 0 aromatic carbocycles. The van der Waals surface area contributed by atoms with Gasteiger partial charge in [-0.25, -0.2) is 9.97 Å². The number of aromatic nitrogens is 3. The maximum Gasteiger partial charge on any atom is 0.254 e. The SMILES string of the molecule is CCC1(C(NC(=O)c2cccnc2SC)c2nccn2C)CCCCN1C. The first-order valence-corrected chi connectivity index (χ1v) is 10.7. The lowest BCUT2D eigenvalue weighted by molar-refractivity contribution is 0.0262. The molecule has 2 aromatic rings. The number of piperidine rings is 1. The van der Waals surface area contributed by atoms with Crippen molar-refractivity contribution in [3.05, 3.63) is 42.1 Å². The van der Waals surface area contributed by atoms with Gasteiger partial charge in [-0.15, -0.1) is 11.8 Å². The normalized spacial score (nSPS) is 21.8. The highest BCUT2D eigenvalue weighted by molar-refractivity contribution is 7.98. The van der Waals surface area contributed by atoms with Crippen LogP contribution in [-0.2, 0) is 7.05 Å². The van der Waals surface area contributed by atoms with Crippen molar-refractivity contribution in [2.45, 2.75) is 49.2 Å². The minimum Gasteiger partial charge on any atom is -0.340 e. The van der Waals surface area contributed by atoms with Crippen molar-refractivity contribution in [3.8, 4) is 0 Å². The Kier molecular flexibility index (Phi) is 6.22. The number of rotatable bonds is 6. The van der Waals surface area contributed by atoms with E-state index in [0.29, 0.717) is 5.56 Å². The fourth-order valence-electron chi connectivity index (χ4n) is 4.24. The number of amides is 1. The molecular weight excluding hydrogens is 358 g/mol. The molecule has 7 heteroatoms. The van der Waals surface area contributed by atoms with Gasteiger partial charge in [0.2, 0.25) is 0 Å². The highest BCUT2D eigenvalue weighted by Crippen LogP contribution is 2.40. The molecule has 2 atom stereocenters. The van der Waals surface area contributed by atoms with E-state index in [1.807, 2.05) is 36.2 Å². The van der Waals surface area contributed by atoms with Gasteiger partial charge in [0, 0.05) is 31.2 Å². The first-order valence-electron chi connectivity index (χ1n) is 9.52. The Labute approximate surface area is 165 Å². The quantitative estimate of drug-likeness (QED) is 0.771. The summed E-state index contributed by atoms with van der Waals surface area (Å²) >= 11 is 1.49. The van der Waals surface area contributed by atoms with Crippen LogP contribution >= 0.6 is 11.8 Å². The molecule has 1 saturated heterocycles. The summed E-state index contributed by atoms with van der Waals surface area (Å²) in [5.41, 5.74) is 0.475. The summed E-state index contributed by atoms with van der Waals surface area (Å²) in [5, 5.41) is 4.07. The van der Waals surface area contributed by atoms with Gasteiger partial charge in [0.15, 0.2) is 0 Å². The van der Waals surface area contributed by atoms with Gasteiger partial charge in [0.25, 0.3) is 5.91 Å². The molecule has 6 nitrogen and oxygen atoms in total. The van der Waals surface area contributed by atoms with Gasteiger partial charge in [-0.2, -0.15) is 0 Å². The Morgan fingerprint density at radius 1 is 1.33 bits per heavy atom. The number of nitrogens with one attached hydrogen (secondary N) is 1. The summed E-state index contributed by atoms with van der Waals surface area (Å²) in [5.74, 6) is 0.806. The van der Waals surface area contributed by atoms with Gasteiger partial charge in [-0.3, -0.25) is 9.69 Å². The van der Waals surface area contributed by atoms with Crippen LogP contribution in [0.15, 0.2) is 35.7 Å². The summed E-state index contributed by atoms with van der Waals surface area (Å²) in [4.78, 5) is 24.6. The zero-order valence-corrected chi connectivity index (χ0v) is 17.4. The number of aryl methyl sites for hydroxylation is 1. The van der Waals surface area contributed by atoms with Crippen molar-refractivity contribution in [1.82, 2.24) is 24.8 Å². The van der Waals surface area contributed by atoms with E-state index in [2.05, 4.69) is 34.2 Å². The number of thioether (sulfide) groups is 1. The number of nitrogens with zero attached hydrogens (tertiary/aromatic N) is 4. The molecular formula is C20H29N5OS. The second kappa shape index (κ2) is 8.44. The molecule has 1 N–H and O–H groups in total. The Morgan fingerprint density at radius 2 is 2.15 bits per heavy atom. The van der Waals surface area contributed by atoms with Crippen LogP contribution < -0.4 is 5.32 Å². The third kappa shape index (κ3) is 3.75. The minimum absolute atomic E-state index is 0.0905. The Hall–Kier alpha value is -1.86. The average Bonchev–Trinajstić information content (AvgIpc) is 3.12. The first-order chi connectivity index (χ1) is 13.0. The number of hydrogen-bond donors (Lipinski definition) is 1. The smallest absolute Gasteiger partial charge is 0.254 e. The molecule has 146 valence electrons. The standard InChI is InChI=1S/C20H29N5OS/c1-5-20(10-6-7-13-25(20)3)16(17-21-12-14-24(17)2)23-18(26)15-9-8-11-22-19(15)27-4/h8-9,11-12,14,16H,5-7,10,13H2,1-4H3,(H,23,26). The summed E-state index contributed by atoms with van der Waals surface area (Å²) in [6.07, 6.45) is 11.8. The monoisotopic (exact) mass is 387 g/mol. The number of hydrogen-bond acceptors (Lipinski definition) is 5. The van der Waals surface area contributed by atoms with Gasteiger partial charge < -0.3 is 9.88 Å². The zero-order valence-electron chi connectivity index (χ0n) is 16.6. The Balaban J connectivity index is 2.01. The van der Waals surface area contributed by atoms with Crippen molar-refractivity contribution in [2.75, 3.05) is 19.8 Å².